The van der Waals surface area contributed by atoms with Crippen molar-refractivity contribution in [1.29, 1.82) is 0 Å². The number of hydrogen-bond acceptors (Lipinski definition) is 2. The van der Waals surface area contributed by atoms with Gasteiger partial charge in [0.1, 0.15) is 11.6 Å². The first-order chi connectivity index (χ1) is 9.54. The Kier molecular flexibility index (Phi) is 4.63. The highest BCUT2D eigenvalue weighted by atomic mass is 19.1. The minimum Gasteiger partial charge on any atom is -0.496 e. The molecule has 1 aromatic rings. The Bertz CT molecular complexity index is 493. The zero-order valence-corrected chi connectivity index (χ0v) is 12.4. The van der Waals surface area contributed by atoms with Crippen molar-refractivity contribution in [3.63, 3.8) is 0 Å². The molecule has 0 aliphatic carbocycles. The molecule has 4 heteroatoms. The van der Waals surface area contributed by atoms with Crippen LogP contribution in [0.3, 0.4) is 0 Å². The number of methoxy groups -OCH3 is 1. The van der Waals surface area contributed by atoms with Crippen LogP contribution in [0.2, 0.25) is 0 Å². The molecule has 3 nitrogen and oxygen atoms in total. The second-order valence-electron chi connectivity index (χ2n) is 5.58. The van der Waals surface area contributed by atoms with Crippen molar-refractivity contribution in [2.75, 3.05) is 20.2 Å². The number of amides is 1. The van der Waals surface area contributed by atoms with E-state index in [4.69, 9.17) is 4.74 Å². The molecule has 1 fully saturated rings. The number of ether oxygens (including phenoxy) is 1. The fourth-order valence-corrected chi connectivity index (χ4v) is 2.63. The number of likely N-dealkylation sites (tertiary alicyclic amines) is 1. The normalized spacial score (nSPS) is 15.6. The van der Waals surface area contributed by atoms with Gasteiger partial charge in [-0.3, -0.25) is 4.79 Å². The lowest BCUT2D eigenvalue weighted by Gasteiger charge is -2.27. The van der Waals surface area contributed by atoms with Crippen LogP contribution < -0.4 is 4.74 Å². The van der Waals surface area contributed by atoms with Gasteiger partial charge in [-0.25, -0.2) is 4.39 Å². The molecule has 0 atom stereocenters. The van der Waals surface area contributed by atoms with E-state index in [9.17, 15) is 9.18 Å². The zero-order valence-electron chi connectivity index (χ0n) is 12.4. The van der Waals surface area contributed by atoms with E-state index in [0.717, 1.165) is 24.8 Å². The number of benzene rings is 1. The maximum Gasteiger partial charge on any atom is 0.256 e. The average molecular weight is 279 g/mol. The summed E-state index contributed by atoms with van der Waals surface area (Å²) in [6.45, 7) is 5.38. The SMILES string of the molecule is COc1cc(C(=O)N2CCCCC2)c(F)cc1C(C)C. The van der Waals surface area contributed by atoms with Crippen LogP contribution in [0.25, 0.3) is 0 Å². The van der Waals surface area contributed by atoms with Gasteiger partial charge in [-0.05, 0) is 42.9 Å². The molecule has 0 bridgehead atoms. The van der Waals surface area contributed by atoms with Crippen molar-refractivity contribution in [2.45, 2.75) is 39.0 Å². The molecule has 1 amide bonds. The number of halogens is 1. The molecule has 1 aliphatic rings. The summed E-state index contributed by atoms with van der Waals surface area (Å²) >= 11 is 0. The molecule has 0 unspecified atom stereocenters. The summed E-state index contributed by atoms with van der Waals surface area (Å²) in [5, 5.41) is 0. The third-order valence-electron chi connectivity index (χ3n) is 3.82. The summed E-state index contributed by atoms with van der Waals surface area (Å²) in [6, 6.07) is 2.97. The number of piperidine rings is 1. The fourth-order valence-electron chi connectivity index (χ4n) is 2.63. The Morgan fingerprint density at radius 2 is 1.90 bits per heavy atom. The number of carbonyl (C=O) groups excluding carboxylic acids is 1. The average Bonchev–Trinajstić information content (AvgIpc) is 2.47. The van der Waals surface area contributed by atoms with E-state index in [1.165, 1.54) is 6.07 Å². The number of rotatable bonds is 3. The van der Waals surface area contributed by atoms with Gasteiger partial charge in [-0.2, -0.15) is 0 Å². The molecular weight excluding hydrogens is 257 g/mol. The van der Waals surface area contributed by atoms with Crippen LogP contribution in [0.1, 0.15) is 54.9 Å². The lowest BCUT2D eigenvalue weighted by molar-refractivity contribution is 0.0719. The largest absolute Gasteiger partial charge is 0.496 e. The molecule has 0 saturated carbocycles. The molecule has 1 aliphatic heterocycles. The van der Waals surface area contributed by atoms with Crippen LogP contribution in [0.4, 0.5) is 4.39 Å². The second-order valence-corrected chi connectivity index (χ2v) is 5.58. The summed E-state index contributed by atoms with van der Waals surface area (Å²) < 4.78 is 19.5. The summed E-state index contributed by atoms with van der Waals surface area (Å²) in [7, 11) is 1.55. The molecule has 0 radical (unpaired) electrons. The monoisotopic (exact) mass is 279 g/mol. The van der Waals surface area contributed by atoms with Crippen molar-refractivity contribution in [3.05, 3.63) is 29.1 Å². The first-order valence-electron chi connectivity index (χ1n) is 7.21. The molecule has 1 saturated heterocycles. The van der Waals surface area contributed by atoms with Crippen molar-refractivity contribution in [2.24, 2.45) is 0 Å². The van der Waals surface area contributed by atoms with Gasteiger partial charge in [0.15, 0.2) is 0 Å². The van der Waals surface area contributed by atoms with E-state index in [1.807, 2.05) is 13.8 Å². The Balaban J connectivity index is 2.33. The topological polar surface area (TPSA) is 29.5 Å². The first kappa shape index (κ1) is 14.8. The van der Waals surface area contributed by atoms with Gasteiger partial charge in [0.05, 0.1) is 12.7 Å². The molecule has 1 heterocycles. The van der Waals surface area contributed by atoms with Gasteiger partial charge in [0, 0.05) is 13.1 Å². The second kappa shape index (κ2) is 6.25. The van der Waals surface area contributed by atoms with Gasteiger partial charge < -0.3 is 9.64 Å². The van der Waals surface area contributed by atoms with Gasteiger partial charge in [-0.1, -0.05) is 13.8 Å². The van der Waals surface area contributed by atoms with Crippen molar-refractivity contribution < 1.29 is 13.9 Å². The van der Waals surface area contributed by atoms with E-state index in [2.05, 4.69) is 0 Å². The molecule has 2 rings (SSSR count). The predicted octanol–water partition coefficient (Wildman–Crippen LogP) is 3.58. The highest BCUT2D eigenvalue weighted by molar-refractivity contribution is 5.95. The summed E-state index contributed by atoms with van der Waals surface area (Å²) in [5.41, 5.74) is 0.911. The molecule has 1 aromatic carbocycles. The quantitative estimate of drug-likeness (QED) is 0.846. The first-order valence-corrected chi connectivity index (χ1v) is 7.21. The Morgan fingerprint density at radius 1 is 1.25 bits per heavy atom. The molecular formula is C16H22FNO2. The Labute approximate surface area is 119 Å². The predicted molar refractivity (Wildman–Crippen MR) is 76.8 cm³/mol. The van der Waals surface area contributed by atoms with Crippen LogP contribution in [-0.4, -0.2) is 31.0 Å². The Hall–Kier alpha value is -1.58. The molecule has 0 aromatic heterocycles. The van der Waals surface area contributed by atoms with Crippen LogP contribution in [0.15, 0.2) is 12.1 Å². The lowest BCUT2D eigenvalue weighted by atomic mass is 9.99. The summed E-state index contributed by atoms with van der Waals surface area (Å²) in [6.07, 6.45) is 3.13. The molecule has 110 valence electrons. The third-order valence-corrected chi connectivity index (χ3v) is 3.82. The van der Waals surface area contributed by atoms with Crippen molar-refractivity contribution >= 4 is 5.91 Å². The third kappa shape index (κ3) is 2.94. The van der Waals surface area contributed by atoms with E-state index in [-0.39, 0.29) is 17.4 Å². The minimum absolute atomic E-state index is 0.119. The maximum absolute atomic E-state index is 14.2. The molecule has 0 N–H and O–H groups in total. The number of carbonyl (C=O) groups is 1. The standard InChI is InChI=1S/C16H22FNO2/c1-11(2)12-9-14(17)13(10-15(12)20-3)16(19)18-7-5-4-6-8-18/h9-11H,4-8H2,1-3H3. The van der Waals surface area contributed by atoms with E-state index < -0.39 is 5.82 Å². The number of hydrogen-bond donors (Lipinski definition) is 0. The van der Waals surface area contributed by atoms with Crippen LogP contribution in [0.5, 0.6) is 5.75 Å². The molecule has 20 heavy (non-hydrogen) atoms. The van der Waals surface area contributed by atoms with Crippen LogP contribution in [0, 0.1) is 5.82 Å². The van der Waals surface area contributed by atoms with Gasteiger partial charge >= 0.3 is 0 Å². The minimum atomic E-state index is -0.454. The van der Waals surface area contributed by atoms with Crippen molar-refractivity contribution in [1.82, 2.24) is 4.90 Å². The van der Waals surface area contributed by atoms with Gasteiger partial charge in [-0.15, -0.1) is 0 Å². The summed E-state index contributed by atoms with van der Waals surface area (Å²) in [4.78, 5) is 14.1. The highest BCUT2D eigenvalue weighted by Gasteiger charge is 2.23. The molecule has 0 spiro atoms. The van der Waals surface area contributed by atoms with Crippen LogP contribution >= 0.6 is 0 Å². The van der Waals surface area contributed by atoms with Gasteiger partial charge in [0.2, 0.25) is 0 Å². The fraction of sp³-hybridized carbons (Fsp3) is 0.562. The highest BCUT2D eigenvalue weighted by Crippen LogP contribution is 2.30. The van der Waals surface area contributed by atoms with Crippen molar-refractivity contribution in [3.8, 4) is 5.75 Å². The van der Waals surface area contributed by atoms with E-state index >= 15 is 0 Å². The maximum atomic E-state index is 14.2. The van der Waals surface area contributed by atoms with E-state index in [0.29, 0.717) is 18.8 Å². The lowest BCUT2D eigenvalue weighted by Crippen LogP contribution is -2.36. The van der Waals surface area contributed by atoms with Crippen LogP contribution in [-0.2, 0) is 0 Å². The Morgan fingerprint density at radius 3 is 2.45 bits per heavy atom. The van der Waals surface area contributed by atoms with E-state index in [1.54, 1.807) is 18.1 Å². The van der Waals surface area contributed by atoms with Gasteiger partial charge in [0.25, 0.3) is 5.91 Å². The summed E-state index contributed by atoms with van der Waals surface area (Å²) in [5.74, 6) is 0.0567. The smallest absolute Gasteiger partial charge is 0.256 e. The zero-order chi connectivity index (χ0) is 14.7. The number of nitrogens with zero attached hydrogens (tertiary/aromatic N) is 1.